The van der Waals surface area contributed by atoms with Crippen molar-refractivity contribution < 1.29 is 4.79 Å². The summed E-state index contributed by atoms with van der Waals surface area (Å²) in [5, 5.41) is 2.78. The number of aromatic nitrogens is 1. The highest BCUT2D eigenvalue weighted by molar-refractivity contribution is 5.93. The Hall–Kier alpha value is -2.40. The zero-order chi connectivity index (χ0) is 16.1. The summed E-state index contributed by atoms with van der Waals surface area (Å²) in [4.78, 5) is 28.5. The lowest BCUT2D eigenvalue weighted by molar-refractivity contribution is 0.0949. The maximum atomic E-state index is 12.0. The number of carbonyl (C=O) groups is 1. The fraction of sp³-hybridized carbons (Fsp3) is 0.333. The van der Waals surface area contributed by atoms with Gasteiger partial charge in [0.1, 0.15) is 5.56 Å². The molecule has 0 atom stereocenters. The summed E-state index contributed by atoms with van der Waals surface area (Å²) in [6.45, 7) is 3.77. The summed E-state index contributed by atoms with van der Waals surface area (Å²) in [6, 6.07) is 11.4. The van der Waals surface area contributed by atoms with Gasteiger partial charge in [-0.2, -0.15) is 0 Å². The largest absolute Gasteiger partial charge is 0.348 e. The van der Waals surface area contributed by atoms with E-state index in [1.165, 1.54) is 43.8 Å². The van der Waals surface area contributed by atoms with Gasteiger partial charge < -0.3 is 10.3 Å². The number of carbonyl (C=O) groups excluding carboxylic acids is 1. The SMILES string of the molecule is O=C(NCc1ccc(CN2CCCC2)cc1)c1ccc[nH]c1=O. The summed E-state index contributed by atoms with van der Waals surface area (Å²) in [7, 11) is 0. The normalized spacial score (nSPS) is 14.8. The first-order valence-corrected chi connectivity index (χ1v) is 7.98. The molecule has 23 heavy (non-hydrogen) atoms. The summed E-state index contributed by atoms with van der Waals surface area (Å²) in [5.41, 5.74) is 2.08. The van der Waals surface area contributed by atoms with Gasteiger partial charge in [0.2, 0.25) is 0 Å². The van der Waals surface area contributed by atoms with E-state index < -0.39 is 0 Å². The minimum Gasteiger partial charge on any atom is -0.348 e. The van der Waals surface area contributed by atoms with Crippen LogP contribution in [0, 0.1) is 0 Å². The molecule has 5 heteroatoms. The summed E-state index contributed by atoms with van der Waals surface area (Å²) in [6.07, 6.45) is 4.10. The molecule has 0 spiro atoms. The molecule has 3 rings (SSSR count). The fourth-order valence-electron chi connectivity index (χ4n) is 2.84. The molecule has 1 aromatic carbocycles. The smallest absolute Gasteiger partial charge is 0.260 e. The standard InChI is InChI=1S/C18H21N3O2/c22-17-16(4-3-9-19-17)18(23)20-12-14-5-7-15(8-6-14)13-21-10-1-2-11-21/h3-9H,1-2,10-13H2,(H,19,22)(H,20,23). The molecule has 1 fully saturated rings. The van der Waals surface area contributed by atoms with E-state index in [4.69, 9.17) is 0 Å². The van der Waals surface area contributed by atoms with Crippen LogP contribution in [0.2, 0.25) is 0 Å². The molecule has 2 aromatic rings. The highest BCUT2D eigenvalue weighted by Gasteiger charge is 2.12. The minimum atomic E-state index is -0.369. The zero-order valence-electron chi connectivity index (χ0n) is 13.0. The van der Waals surface area contributed by atoms with Crippen molar-refractivity contribution in [3.63, 3.8) is 0 Å². The maximum Gasteiger partial charge on any atom is 0.260 e. The van der Waals surface area contributed by atoms with Crippen molar-refractivity contribution in [3.05, 3.63) is 69.6 Å². The fourth-order valence-corrected chi connectivity index (χ4v) is 2.84. The van der Waals surface area contributed by atoms with Crippen molar-refractivity contribution in [1.29, 1.82) is 0 Å². The number of nitrogens with zero attached hydrogens (tertiary/aromatic N) is 1. The van der Waals surface area contributed by atoms with Crippen molar-refractivity contribution >= 4 is 5.91 Å². The molecule has 0 saturated carbocycles. The molecule has 1 aliphatic rings. The molecule has 120 valence electrons. The zero-order valence-corrected chi connectivity index (χ0v) is 13.0. The van der Waals surface area contributed by atoms with Gasteiger partial charge in [-0.1, -0.05) is 24.3 Å². The first-order chi connectivity index (χ1) is 11.2. The second-order valence-corrected chi connectivity index (χ2v) is 5.90. The van der Waals surface area contributed by atoms with Crippen molar-refractivity contribution in [3.8, 4) is 0 Å². The number of aromatic amines is 1. The van der Waals surface area contributed by atoms with Gasteiger partial charge in [-0.15, -0.1) is 0 Å². The number of hydrogen-bond acceptors (Lipinski definition) is 3. The van der Waals surface area contributed by atoms with Crippen LogP contribution in [0.25, 0.3) is 0 Å². The van der Waals surface area contributed by atoms with E-state index in [1.807, 2.05) is 12.1 Å². The van der Waals surface area contributed by atoms with Crippen molar-refractivity contribution in [2.75, 3.05) is 13.1 Å². The Kier molecular flexibility index (Phi) is 4.88. The van der Waals surface area contributed by atoms with Crippen LogP contribution < -0.4 is 10.9 Å². The van der Waals surface area contributed by atoms with Gasteiger partial charge >= 0.3 is 0 Å². The summed E-state index contributed by atoms with van der Waals surface area (Å²) in [5.74, 6) is -0.354. The van der Waals surface area contributed by atoms with Crippen LogP contribution >= 0.6 is 0 Å². The van der Waals surface area contributed by atoms with Crippen LogP contribution in [0.4, 0.5) is 0 Å². The van der Waals surface area contributed by atoms with E-state index in [0.29, 0.717) is 6.54 Å². The number of benzene rings is 1. The monoisotopic (exact) mass is 311 g/mol. The number of rotatable bonds is 5. The Bertz CT molecular complexity index is 716. The number of nitrogens with one attached hydrogen (secondary N) is 2. The van der Waals surface area contributed by atoms with E-state index in [1.54, 1.807) is 6.07 Å². The predicted molar refractivity (Wildman–Crippen MR) is 89.2 cm³/mol. The van der Waals surface area contributed by atoms with Crippen molar-refractivity contribution in [2.45, 2.75) is 25.9 Å². The lowest BCUT2D eigenvalue weighted by Crippen LogP contribution is -2.28. The minimum absolute atomic E-state index is 0.137. The van der Waals surface area contributed by atoms with Gasteiger partial charge in [0.25, 0.3) is 11.5 Å². The van der Waals surface area contributed by atoms with Crippen molar-refractivity contribution in [1.82, 2.24) is 15.2 Å². The van der Waals surface area contributed by atoms with E-state index in [-0.39, 0.29) is 17.0 Å². The maximum absolute atomic E-state index is 12.0. The Labute approximate surface area is 135 Å². The highest BCUT2D eigenvalue weighted by Crippen LogP contribution is 2.13. The number of pyridine rings is 1. The molecule has 1 saturated heterocycles. The van der Waals surface area contributed by atoms with Gasteiger partial charge in [0, 0.05) is 19.3 Å². The van der Waals surface area contributed by atoms with Crippen LogP contribution in [0.1, 0.15) is 34.3 Å². The topological polar surface area (TPSA) is 65.2 Å². The van der Waals surface area contributed by atoms with Gasteiger partial charge in [0.05, 0.1) is 0 Å². The van der Waals surface area contributed by atoms with Crippen LogP contribution in [-0.2, 0) is 13.1 Å². The molecule has 0 aliphatic carbocycles. The van der Waals surface area contributed by atoms with Crippen LogP contribution in [0.15, 0.2) is 47.4 Å². The molecule has 1 aliphatic heterocycles. The molecular weight excluding hydrogens is 290 g/mol. The molecule has 2 N–H and O–H groups in total. The van der Waals surface area contributed by atoms with Gasteiger partial charge in [-0.05, 0) is 49.2 Å². The number of hydrogen-bond donors (Lipinski definition) is 2. The first-order valence-electron chi connectivity index (χ1n) is 7.98. The average molecular weight is 311 g/mol. The van der Waals surface area contributed by atoms with Gasteiger partial charge in [0.15, 0.2) is 0 Å². The molecule has 1 aromatic heterocycles. The molecule has 0 unspecified atom stereocenters. The third-order valence-electron chi connectivity index (χ3n) is 4.14. The Balaban J connectivity index is 1.55. The molecule has 0 radical (unpaired) electrons. The number of likely N-dealkylation sites (tertiary alicyclic amines) is 1. The lowest BCUT2D eigenvalue weighted by Gasteiger charge is -2.14. The number of H-pyrrole nitrogens is 1. The quantitative estimate of drug-likeness (QED) is 0.886. The summed E-state index contributed by atoms with van der Waals surface area (Å²) < 4.78 is 0. The van der Waals surface area contributed by atoms with Gasteiger partial charge in [-0.3, -0.25) is 14.5 Å². The van der Waals surface area contributed by atoms with Crippen LogP contribution in [0.5, 0.6) is 0 Å². The molecule has 5 nitrogen and oxygen atoms in total. The van der Waals surface area contributed by atoms with E-state index in [0.717, 1.165) is 12.1 Å². The Morgan fingerprint density at radius 3 is 2.48 bits per heavy atom. The average Bonchev–Trinajstić information content (AvgIpc) is 3.07. The lowest BCUT2D eigenvalue weighted by atomic mass is 10.1. The molecule has 0 bridgehead atoms. The molecular formula is C18H21N3O2. The van der Waals surface area contributed by atoms with Crippen LogP contribution in [-0.4, -0.2) is 28.9 Å². The van der Waals surface area contributed by atoms with E-state index in [9.17, 15) is 9.59 Å². The highest BCUT2D eigenvalue weighted by atomic mass is 16.2. The van der Waals surface area contributed by atoms with E-state index in [2.05, 4.69) is 27.3 Å². The summed E-state index contributed by atoms with van der Waals surface area (Å²) >= 11 is 0. The van der Waals surface area contributed by atoms with Crippen molar-refractivity contribution in [2.24, 2.45) is 0 Å². The third kappa shape index (κ3) is 4.07. The second-order valence-electron chi connectivity index (χ2n) is 5.90. The third-order valence-corrected chi connectivity index (χ3v) is 4.14. The second kappa shape index (κ2) is 7.24. The van der Waals surface area contributed by atoms with Crippen LogP contribution in [0.3, 0.4) is 0 Å². The number of amides is 1. The Morgan fingerprint density at radius 1 is 1.09 bits per heavy atom. The van der Waals surface area contributed by atoms with Gasteiger partial charge in [-0.25, -0.2) is 0 Å². The predicted octanol–water partition coefficient (Wildman–Crippen LogP) is 1.90. The molecule has 1 amide bonds. The van der Waals surface area contributed by atoms with E-state index >= 15 is 0 Å². The molecule has 2 heterocycles. The Morgan fingerprint density at radius 2 is 1.78 bits per heavy atom. The first kappa shape index (κ1) is 15.5.